The molecule has 0 spiro atoms. The van der Waals surface area contributed by atoms with Gasteiger partial charge in [-0.05, 0) is 26.0 Å². The number of aryl methyl sites for hydroxylation is 1. The van der Waals surface area contributed by atoms with Gasteiger partial charge in [-0.1, -0.05) is 6.07 Å². The first kappa shape index (κ1) is 12.0. The van der Waals surface area contributed by atoms with Gasteiger partial charge in [0, 0.05) is 18.0 Å². The second-order valence-corrected chi connectivity index (χ2v) is 3.76. The first-order valence-electron chi connectivity index (χ1n) is 5.45. The van der Waals surface area contributed by atoms with Crippen LogP contribution in [0.25, 0.3) is 0 Å². The number of nitrogens with one attached hydrogen (secondary N) is 2. The molecule has 0 bridgehead atoms. The Balaban J connectivity index is 2.18. The predicted octanol–water partition coefficient (Wildman–Crippen LogP) is 1.31. The fourth-order valence-corrected chi connectivity index (χ4v) is 1.40. The molecule has 0 amide bonds. The molecular weight excluding hydrogens is 230 g/mol. The Labute approximate surface area is 104 Å². The predicted molar refractivity (Wildman–Crippen MR) is 69.7 cm³/mol. The zero-order chi connectivity index (χ0) is 13.0. The summed E-state index contributed by atoms with van der Waals surface area (Å²) in [6, 6.07) is 6.99. The molecule has 0 atom stereocenters. The van der Waals surface area contributed by atoms with E-state index < -0.39 is 0 Å². The summed E-state index contributed by atoms with van der Waals surface area (Å²) < 4.78 is 0. The maximum Gasteiger partial charge on any atom is 0.252 e. The SMILES string of the molecule is C/C(=N\Nc1nc(C)cc(=O)[nH]1)c1ccccn1. The van der Waals surface area contributed by atoms with Gasteiger partial charge in [-0.25, -0.2) is 10.4 Å². The molecule has 2 aromatic rings. The molecule has 0 unspecified atom stereocenters. The van der Waals surface area contributed by atoms with Crippen molar-refractivity contribution in [3.63, 3.8) is 0 Å². The Morgan fingerprint density at radius 3 is 2.94 bits per heavy atom. The molecule has 0 aliphatic rings. The van der Waals surface area contributed by atoms with Crippen LogP contribution in [0.2, 0.25) is 0 Å². The first-order valence-corrected chi connectivity index (χ1v) is 5.45. The monoisotopic (exact) mass is 243 g/mol. The highest BCUT2D eigenvalue weighted by atomic mass is 16.1. The topological polar surface area (TPSA) is 83.0 Å². The molecule has 0 aromatic carbocycles. The van der Waals surface area contributed by atoms with E-state index in [1.807, 2.05) is 25.1 Å². The van der Waals surface area contributed by atoms with Crippen molar-refractivity contribution in [2.45, 2.75) is 13.8 Å². The van der Waals surface area contributed by atoms with E-state index in [-0.39, 0.29) is 5.56 Å². The lowest BCUT2D eigenvalue weighted by Crippen LogP contribution is -2.11. The van der Waals surface area contributed by atoms with Crippen LogP contribution in [0.3, 0.4) is 0 Å². The average molecular weight is 243 g/mol. The highest BCUT2D eigenvalue weighted by Crippen LogP contribution is 1.99. The molecule has 0 saturated heterocycles. The van der Waals surface area contributed by atoms with E-state index in [0.717, 1.165) is 5.69 Å². The van der Waals surface area contributed by atoms with E-state index in [1.54, 1.807) is 13.1 Å². The Hall–Kier alpha value is -2.50. The van der Waals surface area contributed by atoms with E-state index in [0.29, 0.717) is 17.4 Å². The number of H-pyrrole nitrogens is 1. The number of hydrogen-bond donors (Lipinski definition) is 2. The third kappa shape index (κ3) is 3.00. The van der Waals surface area contributed by atoms with Gasteiger partial charge in [0.05, 0.1) is 11.4 Å². The Kier molecular flexibility index (Phi) is 3.47. The molecule has 2 N–H and O–H groups in total. The molecule has 2 rings (SSSR count). The summed E-state index contributed by atoms with van der Waals surface area (Å²) in [5.41, 5.74) is 4.60. The minimum absolute atomic E-state index is 0.212. The van der Waals surface area contributed by atoms with Gasteiger partial charge < -0.3 is 0 Å². The minimum Gasteiger partial charge on any atom is -0.291 e. The van der Waals surface area contributed by atoms with Gasteiger partial charge in [0.1, 0.15) is 0 Å². The van der Waals surface area contributed by atoms with Crippen molar-refractivity contribution in [1.82, 2.24) is 15.0 Å². The van der Waals surface area contributed by atoms with Gasteiger partial charge in [0.2, 0.25) is 5.95 Å². The zero-order valence-electron chi connectivity index (χ0n) is 10.1. The van der Waals surface area contributed by atoms with E-state index in [4.69, 9.17) is 0 Å². The van der Waals surface area contributed by atoms with Crippen LogP contribution in [0, 0.1) is 6.92 Å². The van der Waals surface area contributed by atoms with Crippen molar-refractivity contribution in [3.8, 4) is 0 Å². The number of aromatic nitrogens is 3. The van der Waals surface area contributed by atoms with E-state index in [9.17, 15) is 4.79 Å². The highest BCUT2D eigenvalue weighted by molar-refractivity contribution is 5.97. The van der Waals surface area contributed by atoms with Crippen LogP contribution in [0.5, 0.6) is 0 Å². The molecule has 0 aliphatic carbocycles. The molecule has 0 aliphatic heterocycles. The number of rotatable bonds is 3. The number of anilines is 1. The lowest BCUT2D eigenvalue weighted by Gasteiger charge is -2.02. The Bertz CT molecular complexity index is 618. The molecule has 92 valence electrons. The number of aromatic amines is 1. The first-order chi connectivity index (χ1) is 8.65. The van der Waals surface area contributed by atoms with Crippen molar-refractivity contribution < 1.29 is 0 Å². The van der Waals surface area contributed by atoms with Crippen molar-refractivity contribution in [3.05, 3.63) is 52.2 Å². The fourth-order valence-electron chi connectivity index (χ4n) is 1.40. The second kappa shape index (κ2) is 5.22. The maximum atomic E-state index is 11.2. The van der Waals surface area contributed by atoms with Gasteiger partial charge in [-0.3, -0.25) is 14.8 Å². The van der Waals surface area contributed by atoms with Crippen molar-refractivity contribution >= 4 is 11.7 Å². The van der Waals surface area contributed by atoms with Gasteiger partial charge in [0.25, 0.3) is 5.56 Å². The van der Waals surface area contributed by atoms with Crippen LogP contribution in [-0.4, -0.2) is 20.7 Å². The van der Waals surface area contributed by atoms with Gasteiger partial charge >= 0.3 is 0 Å². The highest BCUT2D eigenvalue weighted by Gasteiger charge is 1.99. The van der Waals surface area contributed by atoms with Crippen LogP contribution < -0.4 is 11.0 Å². The van der Waals surface area contributed by atoms with Gasteiger partial charge in [-0.2, -0.15) is 5.10 Å². The molecule has 2 heterocycles. The van der Waals surface area contributed by atoms with Crippen LogP contribution >= 0.6 is 0 Å². The minimum atomic E-state index is -0.212. The summed E-state index contributed by atoms with van der Waals surface area (Å²) >= 11 is 0. The quantitative estimate of drug-likeness (QED) is 0.629. The van der Waals surface area contributed by atoms with Crippen LogP contribution in [0.4, 0.5) is 5.95 Å². The van der Waals surface area contributed by atoms with Crippen molar-refractivity contribution in [1.29, 1.82) is 0 Å². The molecular formula is C12H13N5O. The Morgan fingerprint density at radius 1 is 1.44 bits per heavy atom. The van der Waals surface area contributed by atoms with E-state index in [1.165, 1.54) is 6.07 Å². The van der Waals surface area contributed by atoms with Crippen LogP contribution in [0.1, 0.15) is 18.3 Å². The second-order valence-electron chi connectivity index (χ2n) is 3.76. The number of hydrogen-bond acceptors (Lipinski definition) is 5. The molecule has 2 aromatic heterocycles. The third-order valence-electron chi connectivity index (χ3n) is 2.23. The van der Waals surface area contributed by atoms with E-state index >= 15 is 0 Å². The largest absolute Gasteiger partial charge is 0.291 e. The summed E-state index contributed by atoms with van der Waals surface area (Å²) in [5.74, 6) is 0.315. The molecule has 0 radical (unpaired) electrons. The summed E-state index contributed by atoms with van der Waals surface area (Å²) in [4.78, 5) is 22.0. The summed E-state index contributed by atoms with van der Waals surface area (Å²) in [5, 5.41) is 4.12. The van der Waals surface area contributed by atoms with Crippen LogP contribution in [-0.2, 0) is 0 Å². The molecule has 0 saturated carbocycles. The lowest BCUT2D eigenvalue weighted by molar-refractivity contribution is 1.04. The molecule has 6 nitrogen and oxygen atoms in total. The van der Waals surface area contributed by atoms with Gasteiger partial charge in [-0.15, -0.1) is 0 Å². The Morgan fingerprint density at radius 2 is 2.28 bits per heavy atom. The summed E-state index contributed by atoms with van der Waals surface area (Å²) in [7, 11) is 0. The van der Waals surface area contributed by atoms with Crippen molar-refractivity contribution in [2.24, 2.45) is 5.10 Å². The normalized spacial score (nSPS) is 11.3. The average Bonchev–Trinajstić information content (AvgIpc) is 2.36. The number of pyridine rings is 1. The fraction of sp³-hybridized carbons (Fsp3) is 0.167. The smallest absolute Gasteiger partial charge is 0.252 e. The standard InChI is InChI=1S/C12H13N5O/c1-8-7-11(18)15-12(14-8)17-16-9(2)10-5-3-4-6-13-10/h3-7H,1-2H3,(H2,14,15,17,18)/b16-9+. The maximum absolute atomic E-state index is 11.2. The number of nitrogens with zero attached hydrogens (tertiary/aromatic N) is 3. The van der Waals surface area contributed by atoms with E-state index in [2.05, 4.69) is 25.5 Å². The van der Waals surface area contributed by atoms with Crippen LogP contribution in [0.15, 0.2) is 40.4 Å². The third-order valence-corrected chi connectivity index (χ3v) is 2.23. The zero-order valence-corrected chi connectivity index (χ0v) is 10.1. The van der Waals surface area contributed by atoms with Crippen molar-refractivity contribution in [2.75, 3.05) is 5.43 Å². The van der Waals surface area contributed by atoms with Gasteiger partial charge in [0.15, 0.2) is 0 Å². The number of hydrazone groups is 1. The molecule has 18 heavy (non-hydrogen) atoms. The summed E-state index contributed by atoms with van der Waals surface area (Å²) in [6.07, 6.45) is 1.70. The lowest BCUT2D eigenvalue weighted by atomic mass is 10.3. The molecule has 6 heteroatoms. The molecule has 0 fully saturated rings. The summed E-state index contributed by atoms with van der Waals surface area (Å²) in [6.45, 7) is 3.57.